The van der Waals surface area contributed by atoms with Crippen LogP contribution < -0.4 is 0 Å². The van der Waals surface area contributed by atoms with Gasteiger partial charge in [0.25, 0.3) is 0 Å². The number of nitriles is 1. The fourth-order valence-corrected chi connectivity index (χ4v) is 2.63. The first-order valence-electron chi connectivity index (χ1n) is 7.80. The van der Waals surface area contributed by atoms with Gasteiger partial charge in [0, 0.05) is 17.8 Å². The Morgan fingerprint density at radius 1 is 1.12 bits per heavy atom. The summed E-state index contributed by atoms with van der Waals surface area (Å²) in [7, 11) is 0. The van der Waals surface area contributed by atoms with Crippen LogP contribution in [0.5, 0.6) is 0 Å². The second-order valence-electron chi connectivity index (χ2n) is 5.80. The molecule has 0 saturated carbocycles. The molecule has 2 heterocycles. The van der Waals surface area contributed by atoms with Gasteiger partial charge in [0.15, 0.2) is 0 Å². The van der Waals surface area contributed by atoms with Crippen molar-refractivity contribution in [2.75, 3.05) is 0 Å². The van der Waals surface area contributed by atoms with Gasteiger partial charge in [-0.1, -0.05) is 12.1 Å². The monoisotopic (exact) mass is 357 g/mol. The Morgan fingerprint density at radius 3 is 2.42 bits per heavy atom. The Labute approximate surface area is 147 Å². The van der Waals surface area contributed by atoms with Crippen molar-refractivity contribution in [3.63, 3.8) is 0 Å². The molecule has 0 saturated heterocycles. The molecule has 0 fully saturated rings. The number of nitrogens with zero attached hydrogens (tertiary/aromatic N) is 5. The highest BCUT2D eigenvalue weighted by Gasteiger charge is 2.31. The van der Waals surface area contributed by atoms with Gasteiger partial charge in [0.05, 0.1) is 23.7 Å². The molecule has 3 rings (SSSR count). The summed E-state index contributed by atoms with van der Waals surface area (Å²) in [6.45, 7) is 0.429. The minimum atomic E-state index is -4.42. The molecule has 132 valence electrons. The van der Waals surface area contributed by atoms with E-state index in [1.54, 1.807) is 23.1 Å². The molecule has 3 aromatic rings. The zero-order valence-electron chi connectivity index (χ0n) is 13.6. The largest absolute Gasteiger partial charge is 0.417 e. The fourth-order valence-electron chi connectivity index (χ4n) is 2.63. The summed E-state index contributed by atoms with van der Waals surface area (Å²) in [5, 5.41) is 12.9. The zero-order valence-corrected chi connectivity index (χ0v) is 13.6. The molecule has 0 amide bonds. The van der Waals surface area contributed by atoms with Crippen LogP contribution in [-0.4, -0.2) is 19.7 Å². The first-order valence-corrected chi connectivity index (χ1v) is 7.80. The summed E-state index contributed by atoms with van der Waals surface area (Å²) >= 11 is 0. The van der Waals surface area contributed by atoms with Crippen molar-refractivity contribution in [2.24, 2.45) is 0 Å². The van der Waals surface area contributed by atoms with Gasteiger partial charge in [-0.2, -0.15) is 23.5 Å². The van der Waals surface area contributed by atoms with Gasteiger partial charge in [0.1, 0.15) is 12.7 Å². The van der Waals surface area contributed by atoms with E-state index in [0.717, 1.165) is 17.8 Å². The average molecular weight is 357 g/mol. The van der Waals surface area contributed by atoms with Gasteiger partial charge in [-0.25, -0.2) is 4.98 Å². The second kappa shape index (κ2) is 7.35. The van der Waals surface area contributed by atoms with Gasteiger partial charge in [-0.15, -0.1) is 0 Å². The van der Waals surface area contributed by atoms with Crippen molar-refractivity contribution in [2.45, 2.75) is 25.1 Å². The Kier molecular flexibility index (Phi) is 4.98. The van der Waals surface area contributed by atoms with E-state index in [-0.39, 0.29) is 5.92 Å². The quantitative estimate of drug-likeness (QED) is 0.700. The van der Waals surface area contributed by atoms with Gasteiger partial charge >= 0.3 is 6.18 Å². The highest BCUT2D eigenvalue weighted by Crippen LogP contribution is 2.30. The lowest BCUT2D eigenvalue weighted by atomic mass is 9.94. The minimum absolute atomic E-state index is 0.188. The van der Waals surface area contributed by atoms with Crippen LogP contribution in [0.25, 0.3) is 0 Å². The Balaban J connectivity index is 1.86. The molecule has 8 heteroatoms. The Morgan fingerprint density at radius 2 is 1.88 bits per heavy atom. The normalized spacial score (nSPS) is 12.5. The lowest BCUT2D eigenvalue weighted by Crippen LogP contribution is -2.15. The molecule has 0 radical (unpaired) electrons. The van der Waals surface area contributed by atoms with Gasteiger partial charge < -0.3 is 0 Å². The summed E-state index contributed by atoms with van der Waals surface area (Å²) in [6.07, 6.45) is -0.0682. The Hall–Kier alpha value is -3.21. The van der Waals surface area contributed by atoms with Crippen molar-refractivity contribution < 1.29 is 13.2 Å². The van der Waals surface area contributed by atoms with Crippen molar-refractivity contribution in [3.8, 4) is 6.07 Å². The molecule has 0 bridgehead atoms. The van der Waals surface area contributed by atoms with E-state index in [9.17, 15) is 13.2 Å². The zero-order chi connectivity index (χ0) is 18.6. The Bertz CT molecular complexity index is 879. The number of halogens is 3. The number of hydrogen-bond acceptors (Lipinski definition) is 4. The van der Waals surface area contributed by atoms with E-state index in [2.05, 4.69) is 21.1 Å². The number of rotatable bonds is 5. The van der Waals surface area contributed by atoms with Crippen molar-refractivity contribution in [1.29, 1.82) is 5.26 Å². The van der Waals surface area contributed by atoms with E-state index >= 15 is 0 Å². The minimum Gasteiger partial charge on any atom is -0.260 e. The molecule has 0 aliphatic carbocycles. The third kappa shape index (κ3) is 4.25. The number of pyridine rings is 1. The third-order valence-corrected chi connectivity index (χ3v) is 3.97. The molecule has 0 aliphatic heterocycles. The van der Waals surface area contributed by atoms with E-state index in [1.165, 1.54) is 12.4 Å². The maximum Gasteiger partial charge on any atom is 0.417 e. The van der Waals surface area contributed by atoms with Crippen molar-refractivity contribution >= 4 is 0 Å². The highest BCUT2D eigenvalue weighted by molar-refractivity contribution is 5.32. The van der Waals surface area contributed by atoms with Gasteiger partial charge in [0.2, 0.25) is 0 Å². The van der Waals surface area contributed by atoms with Crippen LogP contribution in [0, 0.1) is 11.3 Å². The summed E-state index contributed by atoms with van der Waals surface area (Å²) in [4.78, 5) is 7.91. The molecular weight excluding hydrogens is 343 g/mol. The molecule has 0 N–H and O–H groups in total. The van der Waals surface area contributed by atoms with Crippen molar-refractivity contribution in [3.05, 3.63) is 77.6 Å². The van der Waals surface area contributed by atoms with E-state index in [1.807, 2.05) is 12.1 Å². The van der Waals surface area contributed by atoms with E-state index in [4.69, 9.17) is 5.26 Å². The molecule has 0 spiro atoms. The lowest BCUT2D eigenvalue weighted by molar-refractivity contribution is -0.137. The summed E-state index contributed by atoms with van der Waals surface area (Å²) in [5.74, 6) is -0.188. The topological polar surface area (TPSA) is 67.4 Å². The maximum atomic E-state index is 12.8. The maximum absolute atomic E-state index is 12.8. The predicted octanol–water partition coefficient (Wildman–Crippen LogP) is 3.59. The lowest BCUT2D eigenvalue weighted by Gasteiger charge is -2.17. The van der Waals surface area contributed by atoms with Crippen LogP contribution in [0.4, 0.5) is 13.2 Å². The summed E-state index contributed by atoms with van der Waals surface area (Å²) < 4.78 is 39.9. The van der Waals surface area contributed by atoms with Crippen LogP contribution in [0.1, 0.15) is 28.3 Å². The molecular formula is C18H14F3N5. The van der Waals surface area contributed by atoms with Crippen LogP contribution in [-0.2, 0) is 19.1 Å². The third-order valence-electron chi connectivity index (χ3n) is 3.97. The second-order valence-corrected chi connectivity index (χ2v) is 5.80. The first kappa shape index (κ1) is 17.6. The van der Waals surface area contributed by atoms with Gasteiger partial charge in [-0.3, -0.25) is 9.67 Å². The molecule has 26 heavy (non-hydrogen) atoms. The van der Waals surface area contributed by atoms with Crippen LogP contribution in [0.3, 0.4) is 0 Å². The molecule has 1 atom stereocenters. The number of benzene rings is 1. The summed E-state index contributed by atoms with van der Waals surface area (Å²) in [5.41, 5.74) is 1.27. The van der Waals surface area contributed by atoms with Crippen LogP contribution in [0.15, 0.2) is 55.2 Å². The molecule has 2 aromatic heterocycles. The molecule has 5 nitrogen and oxygen atoms in total. The first-order chi connectivity index (χ1) is 12.5. The smallest absolute Gasteiger partial charge is 0.260 e. The van der Waals surface area contributed by atoms with Crippen LogP contribution in [0.2, 0.25) is 0 Å². The number of alkyl halides is 3. The number of hydrogen-bond donors (Lipinski definition) is 0. The summed E-state index contributed by atoms with van der Waals surface area (Å²) in [6, 6.07) is 11.6. The highest BCUT2D eigenvalue weighted by atomic mass is 19.4. The molecule has 1 aromatic carbocycles. The van der Waals surface area contributed by atoms with E-state index in [0.29, 0.717) is 24.2 Å². The molecule has 0 aliphatic rings. The van der Waals surface area contributed by atoms with Gasteiger partial charge in [-0.05, 0) is 36.2 Å². The van der Waals surface area contributed by atoms with Crippen molar-refractivity contribution in [1.82, 2.24) is 19.7 Å². The SMILES string of the molecule is N#Cc1ccc(CC(Cn2cncn2)c2ccc(C(F)(F)F)cn2)cc1. The fraction of sp³-hybridized carbons (Fsp3) is 0.222. The van der Waals surface area contributed by atoms with E-state index < -0.39 is 11.7 Å². The van der Waals surface area contributed by atoms with Crippen LogP contribution >= 0.6 is 0 Å². The number of aromatic nitrogens is 4. The predicted molar refractivity (Wildman–Crippen MR) is 86.9 cm³/mol. The standard InChI is InChI=1S/C18H14F3N5/c19-18(20,21)16-5-6-17(24-9-16)15(10-26-12-23-11-25-26)7-13-1-3-14(8-22)4-2-13/h1-6,9,11-12,15H,7,10H2. The average Bonchev–Trinajstić information content (AvgIpc) is 3.14. The molecule has 1 unspecified atom stereocenters.